The molecule has 0 saturated carbocycles. The molecule has 2 rings (SSSR count). The second kappa shape index (κ2) is 9.06. The van der Waals surface area contributed by atoms with Crippen LogP contribution in [0.4, 0.5) is 0 Å². The van der Waals surface area contributed by atoms with Crippen molar-refractivity contribution in [3.8, 4) is 5.75 Å². The lowest BCUT2D eigenvalue weighted by molar-refractivity contribution is -0.142. The number of carbonyl (C=O) groups is 1. The molecule has 0 aliphatic heterocycles. The quantitative estimate of drug-likeness (QED) is 0.502. The molecule has 0 spiro atoms. The summed E-state index contributed by atoms with van der Waals surface area (Å²) in [6.45, 7) is 2.17. The Morgan fingerprint density at radius 2 is 1.74 bits per heavy atom. The molecule has 0 N–H and O–H groups in total. The van der Waals surface area contributed by atoms with Crippen molar-refractivity contribution in [1.29, 1.82) is 0 Å². The van der Waals surface area contributed by atoms with Crippen LogP contribution in [0.15, 0.2) is 58.3 Å². The zero-order chi connectivity index (χ0) is 16.7. The van der Waals surface area contributed by atoms with Crippen LogP contribution in [0.25, 0.3) is 0 Å². The van der Waals surface area contributed by atoms with E-state index in [-0.39, 0.29) is 12.4 Å². The van der Waals surface area contributed by atoms with E-state index < -0.39 is 5.02 Å². The zero-order valence-electron chi connectivity index (χ0n) is 12.5. The summed E-state index contributed by atoms with van der Waals surface area (Å²) in [7, 11) is 0. The van der Waals surface area contributed by atoms with Gasteiger partial charge in [-0.2, -0.15) is 0 Å². The largest absolute Gasteiger partial charge is 0.466 e. The third-order valence-electron chi connectivity index (χ3n) is 2.90. The lowest BCUT2D eigenvalue weighted by Crippen LogP contribution is -2.08. The maximum absolute atomic E-state index is 11.7. The number of hydrogen-bond acceptors (Lipinski definition) is 4. The first kappa shape index (κ1) is 18.0. The molecule has 0 radical (unpaired) electrons. The monoisotopic (exact) mass is 370 g/mol. The van der Waals surface area contributed by atoms with Crippen molar-refractivity contribution in [1.82, 2.24) is 0 Å². The van der Waals surface area contributed by atoms with Gasteiger partial charge in [0.2, 0.25) is 5.02 Å². The van der Waals surface area contributed by atoms with Crippen LogP contribution >= 0.6 is 35.0 Å². The van der Waals surface area contributed by atoms with Gasteiger partial charge in [0.25, 0.3) is 0 Å². The highest BCUT2D eigenvalue weighted by atomic mass is 35.5. The molecule has 0 aliphatic rings. The highest BCUT2D eigenvalue weighted by molar-refractivity contribution is 7.99. The summed E-state index contributed by atoms with van der Waals surface area (Å²) in [6.07, 6.45) is 0.230. The van der Waals surface area contributed by atoms with Gasteiger partial charge in [-0.15, -0.1) is 0 Å². The number of hydrogen-bond donors (Lipinski definition) is 0. The van der Waals surface area contributed by atoms with Gasteiger partial charge in [0.15, 0.2) is 0 Å². The number of alkyl halides is 2. The Balaban J connectivity index is 2.22. The van der Waals surface area contributed by atoms with E-state index in [1.807, 2.05) is 42.5 Å². The molecule has 2 aromatic rings. The predicted molar refractivity (Wildman–Crippen MR) is 93.5 cm³/mol. The van der Waals surface area contributed by atoms with Gasteiger partial charge in [0, 0.05) is 4.90 Å². The molecule has 0 aromatic heterocycles. The van der Waals surface area contributed by atoms with Crippen molar-refractivity contribution >= 4 is 40.9 Å². The van der Waals surface area contributed by atoms with Crippen LogP contribution in [-0.4, -0.2) is 17.6 Å². The van der Waals surface area contributed by atoms with Crippen LogP contribution < -0.4 is 4.74 Å². The van der Waals surface area contributed by atoms with Crippen LogP contribution in [0, 0.1) is 0 Å². The lowest BCUT2D eigenvalue weighted by Gasteiger charge is -2.13. The van der Waals surface area contributed by atoms with Crippen molar-refractivity contribution in [2.24, 2.45) is 0 Å². The second-order valence-electron chi connectivity index (χ2n) is 4.52. The fourth-order valence-electron chi connectivity index (χ4n) is 1.96. The first-order valence-electron chi connectivity index (χ1n) is 7.05. The molecule has 0 atom stereocenters. The van der Waals surface area contributed by atoms with Crippen molar-refractivity contribution in [2.75, 3.05) is 6.61 Å². The fourth-order valence-corrected chi connectivity index (χ4v) is 3.17. The average molecular weight is 371 g/mol. The third kappa shape index (κ3) is 5.65. The molecule has 0 amide bonds. The van der Waals surface area contributed by atoms with Gasteiger partial charge in [-0.3, -0.25) is 4.79 Å². The second-order valence-corrected chi connectivity index (χ2v) is 6.62. The van der Waals surface area contributed by atoms with E-state index in [4.69, 9.17) is 32.7 Å². The third-order valence-corrected chi connectivity index (χ3v) is 4.25. The molecular formula is C17H16Cl2O3S. The van der Waals surface area contributed by atoms with E-state index in [2.05, 4.69) is 0 Å². The van der Waals surface area contributed by atoms with E-state index in [1.165, 1.54) is 11.8 Å². The highest BCUT2D eigenvalue weighted by Gasteiger charge is 2.13. The Morgan fingerprint density at radius 1 is 1.09 bits per heavy atom. The molecule has 0 aliphatic carbocycles. The highest BCUT2D eigenvalue weighted by Crippen LogP contribution is 2.37. The maximum Gasteiger partial charge on any atom is 0.310 e. The van der Waals surface area contributed by atoms with Crippen LogP contribution in [0.2, 0.25) is 0 Å². The molecule has 0 saturated heterocycles. The topological polar surface area (TPSA) is 35.5 Å². The van der Waals surface area contributed by atoms with Crippen molar-refractivity contribution in [2.45, 2.75) is 28.2 Å². The predicted octanol–water partition coefficient (Wildman–Crippen LogP) is 5.08. The number of halogens is 2. The van der Waals surface area contributed by atoms with Crippen LogP contribution in [0.3, 0.4) is 0 Å². The van der Waals surface area contributed by atoms with Crippen molar-refractivity contribution in [3.63, 3.8) is 0 Å². The Bertz CT molecular complexity index is 662. The van der Waals surface area contributed by atoms with E-state index in [0.717, 1.165) is 15.4 Å². The van der Waals surface area contributed by atoms with Crippen molar-refractivity contribution in [3.05, 3.63) is 54.1 Å². The van der Waals surface area contributed by atoms with Gasteiger partial charge < -0.3 is 9.47 Å². The van der Waals surface area contributed by atoms with Gasteiger partial charge in [0.05, 0.1) is 17.9 Å². The number of carbonyl (C=O) groups excluding carboxylic acids is 1. The van der Waals surface area contributed by atoms with E-state index >= 15 is 0 Å². The molecule has 2 aromatic carbocycles. The Kier molecular flexibility index (Phi) is 7.09. The zero-order valence-corrected chi connectivity index (χ0v) is 14.8. The molecule has 0 fully saturated rings. The molecule has 122 valence electrons. The molecule has 23 heavy (non-hydrogen) atoms. The van der Waals surface area contributed by atoms with Gasteiger partial charge in [-0.1, -0.05) is 65.3 Å². The van der Waals surface area contributed by atoms with E-state index in [9.17, 15) is 4.79 Å². The minimum Gasteiger partial charge on any atom is -0.466 e. The van der Waals surface area contributed by atoms with E-state index in [0.29, 0.717) is 12.4 Å². The fraction of sp³-hybridized carbons (Fsp3) is 0.235. The number of rotatable bonds is 7. The Labute approximate surface area is 149 Å². The van der Waals surface area contributed by atoms with Crippen LogP contribution in [-0.2, 0) is 16.0 Å². The van der Waals surface area contributed by atoms with Crippen LogP contribution in [0.1, 0.15) is 12.5 Å². The molecule has 3 nitrogen and oxygen atoms in total. The smallest absolute Gasteiger partial charge is 0.310 e. The molecule has 0 unspecified atom stereocenters. The molecular weight excluding hydrogens is 355 g/mol. The van der Waals surface area contributed by atoms with Gasteiger partial charge in [0.1, 0.15) is 5.75 Å². The summed E-state index contributed by atoms with van der Waals surface area (Å²) in [5.74, 6) is 0.352. The van der Waals surface area contributed by atoms with Gasteiger partial charge >= 0.3 is 5.97 Å². The molecule has 0 bridgehead atoms. The Morgan fingerprint density at radius 3 is 2.43 bits per heavy atom. The minimum atomic E-state index is -0.938. The normalized spacial score (nSPS) is 10.6. The minimum absolute atomic E-state index is 0.230. The summed E-state index contributed by atoms with van der Waals surface area (Å²) in [5, 5.41) is -0.938. The van der Waals surface area contributed by atoms with Crippen LogP contribution in [0.5, 0.6) is 5.75 Å². The summed E-state index contributed by atoms with van der Waals surface area (Å²) >= 11 is 12.9. The maximum atomic E-state index is 11.7. The van der Waals surface area contributed by atoms with Gasteiger partial charge in [-0.05, 0) is 30.7 Å². The average Bonchev–Trinajstić information content (AvgIpc) is 2.51. The first-order chi connectivity index (χ1) is 11.1. The number of benzene rings is 2. The number of para-hydroxylation sites is 1. The SMILES string of the molecule is CCOC(=O)Cc1ccccc1Sc1ccccc1OC(Cl)Cl. The summed E-state index contributed by atoms with van der Waals surface area (Å²) in [5.41, 5.74) is 0.902. The first-order valence-corrected chi connectivity index (χ1v) is 8.74. The molecule has 6 heteroatoms. The summed E-state index contributed by atoms with van der Waals surface area (Å²) in [4.78, 5) is 13.6. The van der Waals surface area contributed by atoms with Crippen molar-refractivity contribution < 1.29 is 14.3 Å². The number of esters is 1. The summed E-state index contributed by atoms with van der Waals surface area (Å²) < 4.78 is 10.4. The number of ether oxygens (including phenoxy) is 2. The van der Waals surface area contributed by atoms with Gasteiger partial charge in [-0.25, -0.2) is 0 Å². The molecule has 0 heterocycles. The lowest BCUT2D eigenvalue weighted by atomic mass is 10.1. The Hall–Kier alpha value is -1.36. The summed E-state index contributed by atoms with van der Waals surface area (Å²) in [6, 6.07) is 15.1. The standard InChI is InChI=1S/C17H16Cl2O3S/c1-2-21-16(20)11-12-7-3-5-9-14(12)23-15-10-6-4-8-13(15)22-17(18)19/h3-10,17H,2,11H2,1H3. The van der Waals surface area contributed by atoms with E-state index in [1.54, 1.807) is 13.0 Å².